The third-order valence-corrected chi connectivity index (χ3v) is 8.56. The van der Waals surface area contributed by atoms with Gasteiger partial charge in [-0.2, -0.15) is 0 Å². The number of methoxy groups -OCH3 is 1. The van der Waals surface area contributed by atoms with Crippen molar-refractivity contribution < 1.29 is 26.7 Å². The van der Waals surface area contributed by atoms with Gasteiger partial charge in [0.1, 0.15) is 22.9 Å². The van der Waals surface area contributed by atoms with Gasteiger partial charge in [0, 0.05) is 36.7 Å². The van der Waals surface area contributed by atoms with E-state index in [4.69, 9.17) is 16.3 Å². The second-order valence-corrected chi connectivity index (χ2v) is 10.7. The molecule has 1 atom stereocenters. The Morgan fingerprint density at radius 1 is 1.32 bits per heavy atom. The van der Waals surface area contributed by atoms with Crippen molar-refractivity contribution in [3.05, 3.63) is 64.1 Å². The van der Waals surface area contributed by atoms with Gasteiger partial charge in [-0.1, -0.05) is 23.7 Å². The Bertz CT molecular complexity index is 1290. The number of rotatable bonds is 8. The first-order chi connectivity index (χ1) is 16.3. The lowest BCUT2D eigenvalue weighted by atomic mass is 10.1. The molecule has 12 heteroatoms. The van der Waals surface area contributed by atoms with E-state index in [1.807, 2.05) is 0 Å². The Labute approximate surface area is 204 Å². The second-order valence-electron chi connectivity index (χ2n) is 7.64. The van der Waals surface area contributed by atoms with Crippen LogP contribution in [-0.4, -0.2) is 39.9 Å². The minimum Gasteiger partial charge on any atom is -0.497 e. The summed E-state index contributed by atoms with van der Waals surface area (Å²) in [4.78, 5) is 15.5. The maximum atomic E-state index is 15.4. The number of nitrogens with zero attached hydrogens (tertiary/aromatic N) is 3. The largest absolute Gasteiger partial charge is 0.497 e. The van der Waals surface area contributed by atoms with Gasteiger partial charge in [-0.25, -0.2) is 26.5 Å². The van der Waals surface area contributed by atoms with E-state index >= 15 is 8.78 Å². The fourth-order valence-electron chi connectivity index (χ4n) is 3.75. The highest BCUT2D eigenvalue weighted by Gasteiger charge is 2.36. The van der Waals surface area contributed by atoms with E-state index < -0.39 is 31.6 Å². The summed E-state index contributed by atoms with van der Waals surface area (Å²) in [5.41, 5.74) is 0.566. The molecule has 4 rings (SSSR count). The van der Waals surface area contributed by atoms with E-state index in [2.05, 4.69) is 4.98 Å². The van der Waals surface area contributed by atoms with E-state index in [-0.39, 0.29) is 29.8 Å². The third kappa shape index (κ3) is 4.59. The molecule has 2 heterocycles. The van der Waals surface area contributed by atoms with Gasteiger partial charge in [0.2, 0.25) is 0 Å². The first kappa shape index (κ1) is 24.4. The number of sulfonamides is 1. The summed E-state index contributed by atoms with van der Waals surface area (Å²) >= 11 is 7.20. The Morgan fingerprint density at radius 2 is 2.06 bits per heavy atom. The summed E-state index contributed by atoms with van der Waals surface area (Å²) in [6, 6.07) is 7.50. The van der Waals surface area contributed by atoms with Crippen molar-refractivity contribution in [2.75, 3.05) is 29.4 Å². The zero-order valence-electron chi connectivity index (χ0n) is 17.9. The smallest absolute Gasteiger partial charge is 0.272 e. The molecule has 1 aliphatic rings. The number of ether oxygens (including phenoxy) is 1. The van der Waals surface area contributed by atoms with Crippen molar-refractivity contribution in [2.24, 2.45) is 5.92 Å². The maximum Gasteiger partial charge on any atom is 0.272 e. The van der Waals surface area contributed by atoms with E-state index in [0.717, 1.165) is 28.0 Å². The normalized spacial score (nSPS) is 16.0. The number of carbonyl (C=O) groups is 1. The molecule has 180 valence electrons. The van der Waals surface area contributed by atoms with E-state index in [1.165, 1.54) is 13.3 Å². The summed E-state index contributed by atoms with van der Waals surface area (Å²) in [5, 5.41) is 1.09. The van der Waals surface area contributed by atoms with E-state index in [1.54, 1.807) is 34.5 Å². The second kappa shape index (κ2) is 9.85. The van der Waals surface area contributed by atoms with Crippen LogP contribution in [0.5, 0.6) is 5.75 Å². The molecule has 0 amide bonds. The number of halogens is 3. The van der Waals surface area contributed by atoms with Crippen LogP contribution in [-0.2, 0) is 21.4 Å². The summed E-state index contributed by atoms with van der Waals surface area (Å²) in [6.45, 7) is 0.402. The molecule has 2 aromatic carbocycles. The molecule has 1 aromatic heterocycles. The number of aromatic nitrogens is 1. The molecule has 0 N–H and O–H groups in total. The first-order valence-electron chi connectivity index (χ1n) is 10.2. The van der Waals surface area contributed by atoms with Crippen molar-refractivity contribution >= 4 is 50.1 Å². The number of aldehydes is 1. The number of hydrogen-bond donors (Lipinski definition) is 0. The van der Waals surface area contributed by atoms with Gasteiger partial charge in [-0.05, 0) is 24.1 Å². The molecule has 0 aliphatic carbocycles. The van der Waals surface area contributed by atoms with Crippen molar-refractivity contribution in [2.45, 2.75) is 17.9 Å². The number of benzene rings is 2. The van der Waals surface area contributed by atoms with Crippen LogP contribution in [0.1, 0.15) is 12.0 Å². The van der Waals surface area contributed by atoms with Gasteiger partial charge < -0.3 is 14.4 Å². The van der Waals surface area contributed by atoms with Crippen molar-refractivity contribution in [1.82, 2.24) is 4.98 Å². The molecular weight excluding hydrogens is 508 g/mol. The molecule has 1 aliphatic heterocycles. The standard InChI is InChI=1S/C22H20ClF2N3O4S2/c1-32-16-4-2-14(3-5-16)12-28(22-26-7-9-33-22)34(30,31)21-17(24)10-18(19(23)20(21)25)27-8-6-15(11-27)13-29/h2-5,7,9-10,13,15H,6,8,11-12H2,1H3. The Hall–Kier alpha value is -2.76. The SMILES string of the molecule is COc1ccc(CN(c2nccs2)S(=O)(=O)c2c(F)cc(N3CCC(C=O)C3)c(Cl)c2F)cc1. The average molecular weight is 528 g/mol. The molecule has 1 fully saturated rings. The molecule has 3 aromatic rings. The highest BCUT2D eigenvalue weighted by Crippen LogP contribution is 2.39. The summed E-state index contributed by atoms with van der Waals surface area (Å²) in [7, 11) is -3.24. The van der Waals surface area contributed by atoms with Crippen LogP contribution in [0, 0.1) is 17.6 Å². The molecule has 0 bridgehead atoms. The quantitative estimate of drug-likeness (QED) is 0.317. The fraction of sp³-hybridized carbons (Fsp3) is 0.273. The average Bonchev–Trinajstić information content (AvgIpc) is 3.52. The molecule has 1 unspecified atom stereocenters. The minimum absolute atomic E-state index is 0.0101. The van der Waals surface area contributed by atoms with Crippen LogP contribution in [0.2, 0.25) is 5.02 Å². The van der Waals surface area contributed by atoms with Crippen molar-refractivity contribution in [1.29, 1.82) is 0 Å². The molecule has 1 saturated heterocycles. The Balaban J connectivity index is 1.75. The van der Waals surface area contributed by atoms with Crippen LogP contribution in [0.25, 0.3) is 0 Å². The van der Waals surface area contributed by atoms with E-state index in [9.17, 15) is 13.2 Å². The summed E-state index contributed by atoms with van der Waals surface area (Å²) < 4.78 is 63.7. The van der Waals surface area contributed by atoms with Gasteiger partial charge in [0.25, 0.3) is 10.0 Å². The minimum atomic E-state index is -4.74. The predicted molar refractivity (Wildman–Crippen MR) is 126 cm³/mol. The van der Waals surface area contributed by atoms with Crippen LogP contribution < -0.4 is 13.9 Å². The monoisotopic (exact) mass is 527 g/mol. The zero-order valence-corrected chi connectivity index (χ0v) is 20.3. The summed E-state index contributed by atoms with van der Waals surface area (Å²) in [6.07, 6.45) is 2.70. The zero-order chi connectivity index (χ0) is 24.5. The molecular formula is C22H20ClF2N3O4S2. The molecule has 0 radical (unpaired) electrons. The van der Waals surface area contributed by atoms with Gasteiger partial charge >= 0.3 is 0 Å². The first-order valence-corrected chi connectivity index (χ1v) is 12.9. The Kier molecular flexibility index (Phi) is 7.06. The molecule has 34 heavy (non-hydrogen) atoms. The van der Waals surface area contributed by atoms with Gasteiger partial charge in [0.15, 0.2) is 15.8 Å². The highest BCUT2D eigenvalue weighted by molar-refractivity contribution is 7.93. The lowest BCUT2D eigenvalue weighted by Gasteiger charge is -2.25. The lowest BCUT2D eigenvalue weighted by molar-refractivity contribution is -0.110. The molecule has 0 spiro atoms. The number of thiazole rings is 1. The lowest BCUT2D eigenvalue weighted by Crippen LogP contribution is -2.32. The molecule has 0 saturated carbocycles. The van der Waals surface area contributed by atoms with Gasteiger partial charge in [0.05, 0.1) is 19.3 Å². The molecule has 7 nitrogen and oxygen atoms in total. The number of carbonyl (C=O) groups excluding carboxylic acids is 1. The maximum absolute atomic E-state index is 15.4. The van der Waals surface area contributed by atoms with Crippen molar-refractivity contribution in [3.63, 3.8) is 0 Å². The van der Waals surface area contributed by atoms with Gasteiger partial charge in [-0.3, -0.25) is 0 Å². The van der Waals surface area contributed by atoms with Crippen molar-refractivity contribution in [3.8, 4) is 5.75 Å². The Morgan fingerprint density at radius 3 is 2.65 bits per heavy atom. The van der Waals surface area contributed by atoms with Crippen LogP contribution >= 0.6 is 22.9 Å². The van der Waals surface area contributed by atoms with E-state index in [0.29, 0.717) is 24.3 Å². The highest BCUT2D eigenvalue weighted by atomic mass is 35.5. The van der Waals surface area contributed by atoms with Gasteiger partial charge in [-0.15, -0.1) is 11.3 Å². The number of anilines is 2. The fourth-order valence-corrected chi connectivity index (χ4v) is 6.47. The van der Waals surface area contributed by atoms with Crippen LogP contribution in [0.3, 0.4) is 0 Å². The topological polar surface area (TPSA) is 79.8 Å². The summed E-state index contributed by atoms with van der Waals surface area (Å²) in [5.74, 6) is -2.37. The number of hydrogen-bond acceptors (Lipinski definition) is 7. The van der Waals surface area contributed by atoms with Crippen LogP contribution in [0.15, 0.2) is 46.8 Å². The predicted octanol–water partition coefficient (Wildman–Crippen LogP) is 4.50. The third-order valence-electron chi connectivity index (χ3n) is 5.52. The van der Waals surface area contributed by atoms with Crippen LogP contribution in [0.4, 0.5) is 19.6 Å².